The van der Waals surface area contributed by atoms with Crippen molar-refractivity contribution in [2.45, 2.75) is 25.8 Å². The van der Waals surface area contributed by atoms with Crippen LogP contribution in [0.1, 0.15) is 30.3 Å². The molecule has 1 amide bonds. The van der Waals surface area contributed by atoms with Gasteiger partial charge in [0, 0.05) is 11.4 Å². The van der Waals surface area contributed by atoms with Gasteiger partial charge >= 0.3 is 0 Å². The normalized spacial score (nSPS) is 16.5. The van der Waals surface area contributed by atoms with Crippen molar-refractivity contribution in [2.24, 2.45) is 5.92 Å². The third-order valence-corrected chi connectivity index (χ3v) is 5.04. The molecule has 1 aliphatic rings. The minimum Gasteiger partial charge on any atom is -0.348 e. The Hall–Kier alpha value is -1.20. The Morgan fingerprint density at radius 2 is 2.33 bits per heavy atom. The fourth-order valence-electron chi connectivity index (χ4n) is 1.89. The number of nitrogens with one attached hydrogen (secondary N) is 1. The molecule has 0 radical (unpaired) electrons. The van der Waals surface area contributed by atoms with E-state index in [9.17, 15) is 4.79 Å². The van der Waals surface area contributed by atoms with Crippen LogP contribution in [0.3, 0.4) is 0 Å². The monoisotopic (exact) mass is 278 g/mol. The van der Waals surface area contributed by atoms with E-state index >= 15 is 0 Å². The van der Waals surface area contributed by atoms with Crippen molar-refractivity contribution < 1.29 is 4.79 Å². The topological polar surface area (TPSA) is 42.0 Å². The molecule has 0 aliphatic heterocycles. The first-order valence-corrected chi connectivity index (χ1v) is 7.80. The molecule has 1 fully saturated rings. The Balaban J connectivity index is 1.70. The second kappa shape index (κ2) is 4.82. The largest absolute Gasteiger partial charge is 0.348 e. The van der Waals surface area contributed by atoms with Gasteiger partial charge in [0.1, 0.15) is 10.7 Å². The molecule has 0 bridgehead atoms. The first-order chi connectivity index (χ1) is 8.74. The number of carbonyl (C=O) groups excluding carboxylic acids is 1. The second-order valence-corrected chi connectivity index (χ2v) is 6.42. The van der Waals surface area contributed by atoms with E-state index in [0.717, 1.165) is 9.88 Å². The van der Waals surface area contributed by atoms with Crippen LogP contribution in [-0.2, 0) is 0 Å². The molecule has 1 atom stereocenters. The summed E-state index contributed by atoms with van der Waals surface area (Å²) in [5.74, 6) is 0.623. The Bertz CT molecular complexity index is 543. The zero-order valence-electron chi connectivity index (χ0n) is 10.1. The van der Waals surface area contributed by atoms with Crippen LogP contribution in [0.5, 0.6) is 0 Å². The van der Waals surface area contributed by atoms with Crippen LogP contribution in [0.4, 0.5) is 0 Å². The Kier molecular flexibility index (Phi) is 3.18. The summed E-state index contributed by atoms with van der Waals surface area (Å²) in [5.41, 5.74) is 0.538. The van der Waals surface area contributed by atoms with E-state index in [1.165, 1.54) is 24.2 Å². The summed E-state index contributed by atoms with van der Waals surface area (Å²) in [5, 5.41) is 7.81. The van der Waals surface area contributed by atoms with Crippen molar-refractivity contribution in [1.29, 1.82) is 0 Å². The van der Waals surface area contributed by atoms with Gasteiger partial charge in [0.15, 0.2) is 0 Å². The van der Waals surface area contributed by atoms with Gasteiger partial charge in [0.25, 0.3) is 5.91 Å². The van der Waals surface area contributed by atoms with E-state index in [-0.39, 0.29) is 11.9 Å². The van der Waals surface area contributed by atoms with Gasteiger partial charge in [-0.15, -0.1) is 22.7 Å². The highest BCUT2D eigenvalue weighted by Gasteiger charge is 2.29. The zero-order chi connectivity index (χ0) is 12.5. The summed E-state index contributed by atoms with van der Waals surface area (Å²) in [6.07, 6.45) is 2.47. The number of carbonyl (C=O) groups is 1. The van der Waals surface area contributed by atoms with Crippen molar-refractivity contribution in [3.8, 4) is 9.88 Å². The second-order valence-electron chi connectivity index (χ2n) is 4.61. The number of thiophene rings is 1. The van der Waals surface area contributed by atoms with Crippen molar-refractivity contribution in [3.63, 3.8) is 0 Å². The van der Waals surface area contributed by atoms with Crippen molar-refractivity contribution in [3.05, 3.63) is 28.6 Å². The van der Waals surface area contributed by atoms with Crippen LogP contribution >= 0.6 is 22.7 Å². The Labute approximate surface area is 114 Å². The van der Waals surface area contributed by atoms with Crippen molar-refractivity contribution in [2.75, 3.05) is 0 Å². The number of hydrogen-bond acceptors (Lipinski definition) is 4. The first-order valence-electron chi connectivity index (χ1n) is 6.04. The van der Waals surface area contributed by atoms with E-state index < -0.39 is 0 Å². The predicted octanol–water partition coefficient (Wildman–Crippen LogP) is 3.40. The summed E-state index contributed by atoms with van der Waals surface area (Å²) in [7, 11) is 0. The number of amides is 1. The molecule has 2 aromatic heterocycles. The summed E-state index contributed by atoms with van der Waals surface area (Å²) >= 11 is 3.17. The predicted molar refractivity (Wildman–Crippen MR) is 75.1 cm³/mol. The highest BCUT2D eigenvalue weighted by Crippen LogP contribution is 2.32. The lowest BCUT2D eigenvalue weighted by Gasteiger charge is -2.10. The van der Waals surface area contributed by atoms with Gasteiger partial charge in [-0.2, -0.15) is 0 Å². The first kappa shape index (κ1) is 11.9. The highest BCUT2D eigenvalue weighted by atomic mass is 32.1. The Morgan fingerprint density at radius 3 is 3.00 bits per heavy atom. The standard InChI is InChI=1S/C13H14N2OS2/c1-8(9-4-5-9)14-12(16)10-7-18-13(15-10)11-3-2-6-17-11/h2-3,6-9H,4-5H2,1H3,(H,14,16)/t8-/m0/s1. The molecule has 0 unspecified atom stereocenters. The average molecular weight is 278 g/mol. The summed E-state index contributed by atoms with van der Waals surface area (Å²) in [4.78, 5) is 17.5. The SMILES string of the molecule is C[C@H](NC(=O)c1csc(-c2cccs2)n1)C1CC1. The lowest BCUT2D eigenvalue weighted by atomic mass is 10.2. The number of aromatic nitrogens is 1. The minimum absolute atomic E-state index is 0.0477. The van der Waals surface area contributed by atoms with E-state index in [1.807, 2.05) is 22.9 Å². The molecule has 0 saturated heterocycles. The van der Waals surface area contributed by atoms with Crippen LogP contribution < -0.4 is 5.32 Å². The van der Waals surface area contributed by atoms with E-state index in [0.29, 0.717) is 11.6 Å². The molecule has 2 aromatic rings. The smallest absolute Gasteiger partial charge is 0.270 e. The van der Waals surface area contributed by atoms with Gasteiger partial charge in [0.05, 0.1) is 4.88 Å². The van der Waals surface area contributed by atoms with Gasteiger partial charge in [-0.25, -0.2) is 4.98 Å². The van der Waals surface area contributed by atoms with Gasteiger partial charge in [-0.3, -0.25) is 4.79 Å². The minimum atomic E-state index is -0.0477. The van der Waals surface area contributed by atoms with Gasteiger partial charge in [-0.1, -0.05) is 6.07 Å². The Morgan fingerprint density at radius 1 is 1.50 bits per heavy atom. The van der Waals surface area contributed by atoms with Crippen LogP contribution in [0.15, 0.2) is 22.9 Å². The van der Waals surface area contributed by atoms with E-state index in [1.54, 1.807) is 11.3 Å². The lowest BCUT2D eigenvalue weighted by Crippen LogP contribution is -2.34. The van der Waals surface area contributed by atoms with Gasteiger partial charge in [-0.05, 0) is 37.1 Å². The molecule has 94 valence electrons. The summed E-state index contributed by atoms with van der Waals surface area (Å²) in [6.45, 7) is 2.07. The highest BCUT2D eigenvalue weighted by molar-refractivity contribution is 7.20. The maximum absolute atomic E-state index is 12.0. The fourth-order valence-corrected chi connectivity index (χ4v) is 3.50. The molecule has 3 nitrogen and oxygen atoms in total. The van der Waals surface area contributed by atoms with Crippen molar-refractivity contribution in [1.82, 2.24) is 10.3 Å². The molecule has 2 heterocycles. The molecule has 5 heteroatoms. The summed E-state index contributed by atoms with van der Waals surface area (Å²) < 4.78 is 0. The fraction of sp³-hybridized carbons (Fsp3) is 0.385. The maximum Gasteiger partial charge on any atom is 0.270 e. The molecule has 0 spiro atoms. The number of rotatable bonds is 4. The quantitative estimate of drug-likeness (QED) is 0.931. The molecule has 18 heavy (non-hydrogen) atoms. The molecule has 1 N–H and O–H groups in total. The number of hydrogen-bond donors (Lipinski definition) is 1. The van der Waals surface area contributed by atoms with E-state index in [2.05, 4.69) is 17.2 Å². The zero-order valence-corrected chi connectivity index (χ0v) is 11.7. The van der Waals surface area contributed by atoms with Gasteiger partial charge in [0.2, 0.25) is 0 Å². The maximum atomic E-state index is 12.0. The average Bonchev–Trinajstić information content (AvgIpc) is 2.89. The van der Waals surface area contributed by atoms with E-state index in [4.69, 9.17) is 0 Å². The molecule has 1 saturated carbocycles. The molecular weight excluding hydrogens is 264 g/mol. The molecule has 0 aromatic carbocycles. The van der Waals surface area contributed by atoms with Crippen LogP contribution in [0.25, 0.3) is 9.88 Å². The third kappa shape index (κ3) is 2.47. The number of thiazole rings is 1. The molecule has 1 aliphatic carbocycles. The van der Waals surface area contributed by atoms with Gasteiger partial charge < -0.3 is 5.32 Å². The summed E-state index contributed by atoms with van der Waals surface area (Å²) in [6, 6.07) is 4.29. The lowest BCUT2D eigenvalue weighted by molar-refractivity contribution is 0.0931. The van der Waals surface area contributed by atoms with Crippen LogP contribution in [0.2, 0.25) is 0 Å². The molecule has 3 rings (SSSR count). The number of nitrogens with zero attached hydrogens (tertiary/aromatic N) is 1. The van der Waals surface area contributed by atoms with Crippen LogP contribution in [0, 0.1) is 5.92 Å². The molecular formula is C13H14N2OS2. The van der Waals surface area contributed by atoms with Crippen molar-refractivity contribution >= 4 is 28.6 Å². The van der Waals surface area contributed by atoms with Crippen LogP contribution in [-0.4, -0.2) is 16.9 Å². The third-order valence-electron chi connectivity index (χ3n) is 3.16.